The monoisotopic (exact) mass is 322 g/mol. The molecule has 0 spiro atoms. The van der Waals surface area contributed by atoms with E-state index in [1.807, 2.05) is 44.2 Å². The van der Waals surface area contributed by atoms with Crippen molar-refractivity contribution in [1.29, 1.82) is 0 Å². The Labute approximate surface area is 132 Å². The number of rotatable bonds is 1. The number of nitrogens with zero attached hydrogens (tertiary/aromatic N) is 2. The van der Waals surface area contributed by atoms with Gasteiger partial charge in [0.05, 0.1) is 0 Å². The normalized spacial score (nSPS) is 14.7. The van der Waals surface area contributed by atoms with Gasteiger partial charge in [0.2, 0.25) is 0 Å². The minimum Gasteiger partial charge on any atom is -0.330 e. The molecule has 1 aromatic heterocycles. The van der Waals surface area contributed by atoms with E-state index in [2.05, 4.69) is 4.57 Å². The summed E-state index contributed by atoms with van der Waals surface area (Å²) >= 11 is 0. The molecule has 0 N–H and O–H groups in total. The first-order valence-corrected chi connectivity index (χ1v) is 7.40. The highest BCUT2D eigenvalue weighted by atomic mass is 19.4. The van der Waals surface area contributed by atoms with Gasteiger partial charge in [-0.15, -0.1) is 0 Å². The van der Waals surface area contributed by atoms with Crippen LogP contribution in [0.3, 0.4) is 0 Å². The zero-order valence-corrected chi connectivity index (χ0v) is 12.9. The number of aromatic nitrogens is 1. The Morgan fingerprint density at radius 1 is 1.04 bits per heavy atom. The van der Waals surface area contributed by atoms with E-state index in [0.29, 0.717) is 6.42 Å². The largest absolute Gasteiger partial charge is 0.471 e. The van der Waals surface area contributed by atoms with Crippen LogP contribution in [-0.4, -0.2) is 28.1 Å². The highest BCUT2D eigenvalue weighted by molar-refractivity contribution is 5.82. The summed E-state index contributed by atoms with van der Waals surface area (Å²) in [5, 5.41) is 0. The molecule has 0 atom stereocenters. The SMILES string of the molecule is Cc1ccc(C)n1-c1ccc2c(c1)CCN(C(=O)C(F)(F)F)C2. The van der Waals surface area contributed by atoms with Crippen LogP contribution in [0, 0.1) is 13.8 Å². The molecule has 1 aliphatic rings. The van der Waals surface area contributed by atoms with Crippen LogP contribution in [0.5, 0.6) is 0 Å². The molecule has 2 aromatic rings. The molecule has 0 bridgehead atoms. The van der Waals surface area contributed by atoms with Gasteiger partial charge >= 0.3 is 12.1 Å². The number of carbonyl (C=O) groups is 1. The van der Waals surface area contributed by atoms with E-state index in [1.165, 1.54) is 0 Å². The number of carbonyl (C=O) groups excluding carboxylic acids is 1. The van der Waals surface area contributed by atoms with Gasteiger partial charge in [-0.25, -0.2) is 0 Å². The van der Waals surface area contributed by atoms with E-state index >= 15 is 0 Å². The highest BCUT2D eigenvalue weighted by Crippen LogP contribution is 2.27. The fourth-order valence-electron chi connectivity index (χ4n) is 3.11. The van der Waals surface area contributed by atoms with Gasteiger partial charge in [0.1, 0.15) is 0 Å². The van der Waals surface area contributed by atoms with Crippen LogP contribution >= 0.6 is 0 Å². The first-order valence-electron chi connectivity index (χ1n) is 7.40. The number of hydrogen-bond acceptors (Lipinski definition) is 1. The molecule has 1 amide bonds. The number of alkyl halides is 3. The smallest absolute Gasteiger partial charge is 0.330 e. The Bertz CT molecular complexity index is 742. The predicted octanol–water partition coefficient (Wildman–Crippen LogP) is 3.54. The fraction of sp³-hybridized carbons (Fsp3) is 0.353. The first kappa shape index (κ1) is 15.6. The second-order valence-electron chi connectivity index (χ2n) is 5.88. The standard InChI is InChI=1S/C17H17F3N2O/c1-11-3-4-12(2)22(11)15-6-5-14-10-21(8-7-13(14)9-15)16(23)17(18,19)20/h3-6,9H,7-8,10H2,1-2H3. The van der Waals surface area contributed by atoms with Gasteiger partial charge in [-0.05, 0) is 55.7 Å². The molecule has 0 fully saturated rings. The van der Waals surface area contributed by atoms with Crippen molar-refractivity contribution in [2.75, 3.05) is 6.54 Å². The van der Waals surface area contributed by atoms with Crippen molar-refractivity contribution in [2.45, 2.75) is 33.0 Å². The number of halogens is 3. The van der Waals surface area contributed by atoms with Crippen LogP contribution in [0.15, 0.2) is 30.3 Å². The zero-order valence-electron chi connectivity index (χ0n) is 12.9. The Balaban J connectivity index is 1.89. The molecular weight excluding hydrogens is 305 g/mol. The van der Waals surface area contributed by atoms with Gasteiger partial charge in [0.15, 0.2) is 0 Å². The molecule has 1 aromatic carbocycles. The molecule has 0 unspecified atom stereocenters. The first-order chi connectivity index (χ1) is 10.8. The predicted molar refractivity (Wildman–Crippen MR) is 80.4 cm³/mol. The molecule has 1 aliphatic heterocycles. The minimum atomic E-state index is -4.81. The molecule has 0 aliphatic carbocycles. The van der Waals surface area contributed by atoms with Crippen LogP contribution in [-0.2, 0) is 17.8 Å². The quantitative estimate of drug-likeness (QED) is 0.788. The van der Waals surface area contributed by atoms with Gasteiger partial charge in [0.25, 0.3) is 0 Å². The molecule has 122 valence electrons. The van der Waals surface area contributed by atoms with Crippen molar-refractivity contribution in [2.24, 2.45) is 0 Å². The van der Waals surface area contributed by atoms with Crippen LogP contribution in [0.2, 0.25) is 0 Å². The number of amides is 1. The number of aryl methyl sites for hydroxylation is 2. The van der Waals surface area contributed by atoms with Crippen LogP contribution in [0.4, 0.5) is 13.2 Å². The van der Waals surface area contributed by atoms with Gasteiger partial charge in [-0.2, -0.15) is 13.2 Å². The average molecular weight is 322 g/mol. The summed E-state index contributed by atoms with van der Waals surface area (Å²) in [5.41, 5.74) is 4.99. The number of benzene rings is 1. The molecule has 6 heteroatoms. The van der Waals surface area contributed by atoms with Crippen molar-refractivity contribution < 1.29 is 18.0 Å². The van der Waals surface area contributed by atoms with E-state index in [-0.39, 0.29) is 13.1 Å². The fourth-order valence-corrected chi connectivity index (χ4v) is 3.11. The molecule has 0 saturated heterocycles. The molecule has 0 saturated carbocycles. The lowest BCUT2D eigenvalue weighted by Gasteiger charge is -2.30. The third-order valence-electron chi connectivity index (χ3n) is 4.26. The second kappa shape index (κ2) is 5.44. The minimum absolute atomic E-state index is 0.0115. The third kappa shape index (κ3) is 2.85. The lowest BCUT2D eigenvalue weighted by atomic mass is 9.98. The van der Waals surface area contributed by atoms with Crippen molar-refractivity contribution in [3.8, 4) is 5.69 Å². The Hall–Kier alpha value is -2.24. The molecule has 23 heavy (non-hydrogen) atoms. The Kier molecular flexibility index (Phi) is 3.70. The topological polar surface area (TPSA) is 25.2 Å². The maximum atomic E-state index is 12.6. The van der Waals surface area contributed by atoms with Gasteiger partial charge in [-0.3, -0.25) is 4.79 Å². The lowest BCUT2D eigenvalue weighted by molar-refractivity contribution is -0.186. The maximum Gasteiger partial charge on any atom is 0.471 e. The van der Waals surface area contributed by atoms with E-state index < -0.39 is 12.1 Å². The third-order valence-corrected chi connectivity index (χ3v) is 4.26. The van der Waals surface area contributed by atoms with Crippen molar-refractivity contribution in [1.82, 2.24) is 9.47 Å². The summed E-state index contributed by atoms with van der Waals surface area (Å²) in [7, 11) is 0. The summed E-state index contributed by atoms with van der Waals surface area (Å²) in [6, 6.07) is 9.77. The zero-order chi connectivity index (χ0) is 16.8. The molecule has 0 radical (unpaired) electrons. The van der Waals surface area contributed by atoms with Crippen LogP contribution in [0.25, 0.3) is 5.69 Å². The van der Waals surface area contributed by atoms with E-state index in [1.54, 1.807) is 0 Å². The molecule has 2 heterocycles. The van der Waals surface area contributed by atoms with Crippen molar-refractivity contribution in [3.05, 3.63) is 52.8 Å². The Morgan fingerprint density at radius 2 is 1.70 bits per heavy atom. The summed E-state index contributed by atoms with van der Waals surface area (Å²) in [5.74, 6) is -1.76. The Morgan fingerprint density at radius 3 is 2.30 bits per heavy atom. The van der Waals surface area contributed by atoms with Crippen molar-refractivity contribution in [3.63, 3.8) is 0 Å². The molecule has 3 nitrogen and oxygen atoms in total. The summed E-state index contributed by atoms with van der Waals surface area (Å²) in [6.07, 6.45) is -4.37. The second-order valence-corrected chi connectivity index (χ2v) is 5.88. The lowest BCUT2D eigenvalue weighted by Crippen LogP contribution is -2.43. The number of fused-ring (bicyclic) bond motifs is 1. The van der Waals surface area contributed by atoms with Gasteiger partial charge < -0.3 is 9.47 Å². The maximum absolute atomic E-state index is 12.6. The molecule has 3 rings (SSSR count). The van der Waals surface area contributed by atoms with Crippen molar-refractivity contribution >= 4 is 5.91 Å². The highest BCUT2D eigenvalue weighted by Gasteiger charge is 2.43. The summed E-state index contributed by atoms with van der Waals surface area (Å²) in [6.45, 7) is 4.13. The molecular formula is C17H17F3N2O. The van der Waals surface area contributed by atoms with E-state index in [0.717, 1.165) is 33.1 Å². The van der Waals surface area contributed by atoms with Gasteiger partial charge in [0, 0.05) is 30.2 Å². The van der Waals surface area contributed by atoms with E-state index in [9.17, 15) is 18.0 Å². The summed E-state index contributed by atoms with van der Waals surface area (Å²) < 4.78 is 39.8. The average Bonchev–Trinajstić information content (AvgIpc) is 2.83. The van der Waals surface area contributed by atoms with Gasteiger partial charge in [-0.1, -0.05) is 6.07 Å². The van der Waals surface area contributed by atoms with E-state index in [4.69, 9.17) is 0 Å². The van der Waals surface area contributed by atoms with Crippen LogP contribution < -0.4 is 0 Å². The number of hydrogen-bond donors (Lipinski definition) is 0. The summed E-state index contributed by atoms with van der Waals surface area (Å²) in [4.78, 5) is 12.2. The van der Waals surface area contributed by atoms with Crippen LogP contribution in [0.1, 0.15) is 22.5 Å².